The highest BCUT2D eigenvalue weighted by Crippen LogP contribution is 2.26. The predicted octanol–water partition coefficient (Wildman–Crippen LogP) is 1.97. The molecule has 0 spiro atoms. The molecule has 11 heavy (non-hydrogen) atoms. The van der Waals surface area contributed by atoms with Crippen LogP contribution in [0.3, 0.4) is 0 Å². The second kappa shape index (κ2) is 4.43. The van der Waals surface area contributed by atoms with E-state index in [1.807, 2.05) is 6.92 Å². The van der Waals surface area contributed by atoms with Gasteiger partial charge < -0.3 is 9.47 Å². The Morgan fingerprint density at radius 3 is 2.55 bits per heavy atom. The van der Waals surface area contributed by atoms with Crippen molar-refractivity contribution in [3.8, 4) is 0 Å². The summed E-state index contributed by atoms with van der Waals surface area (Å²) in [5.74, 6) is 0. The van der Waals surface area contributed by atoms with Crippen LogP contribution in [0.25, 0.3) is 0 Å². The number of alkyl halides is 1. The molecule has 1 aliphatic rings. The molecule has 0 amide bonds. The van der Waals surface area contributed by atoms with E-state index in [4.69, 9.17) is 9.47 Å². The van der Waals surface area contributed by atoms with Crippen LogP contribution in [-0.2, 0) is 9.47 Å². The lowest BCUT2D eigenvalue weighted by Gasteiger charge is -2.35. The van der Waals surface area contributed by atoms with Gasteiger partial charge in [-0.15, -0.1) is 0 Å². The minimum absolute atomic E-state index is 0.0625. The van der Waals surface area contributed by atoms with Crippen LogP contribution in [0.4, 0.5) is 0 Å². The van der Waals surface area contributed by atoms with Crippen molar-refractivity contribution >= 4 is 15.9 Å². The highest BCUT2D eigenvalue weighted by molar-refractivity contribution is 9.09. The van der Waals surface area contributed by atoms with Gasteiger partial charge in [0.05, 0.1) is 5.60 Å². The third-order valence-electron chi connectivity index (χ3n) is 2.10. The van der Waals surface area contributed by atoms with Crippen LogP contribution in [-0.4, -0.2) is 30.8 Å². The Balaban J connectivity index is 2.42. The maximum absolute atomic E-state index is 5.69. The molecular weight excluding hydrogens is 208 g/mol. The van der Waals surface area contributed by atoms with Crippen LogP contribution >= 0.6 is 15.9 Å². The number of hydrogen-bond donors (Lipinski definition) is 0. The molecule has 2 nitrogen and oxygen atoms in total. The Kier molecular flexibility index (Phi) is 3.82. The van der Waals surface area contributed by atoms with Gasteiger partial charge in [0.1, 0.15) is 0 Å². The summed E-state index contributed by atoms with van der Waals surface area (Å²) in [6.45, 7) is 4.52. The van der Waals surface area contributed by atoms with Crippen molar-refractivity contribution in [2.45, 2.75) is 25.4 Å². The fourth-order valence-electron chi connectivity index (χ4n) is 1.37. The van der Waals surface area contributed by atoms with Crippen molar-refractivity contribution < 1.29 is 9.47 Å². The Labute approximate surface area is 76.4 Å². The molecule has 0 aromatic heterocycles. The summed E-state index contributed by atoms with van der Waals surface area (Å²) in [6, 6.07) is 0. The number of ether oxygens (including phenoxy) is 2. The average Bonchev–Trinajstić information content (AvgIpc) is 2.07. The van der Waals surface area contributed by atoms with Crippen molar-refractivity contribution in [2.24, 2.45) is 0 Å². The lowest BCUT2D eigenvalue weighted by molar-refractivity contribution is -0.0910. The average molecular weight is 223 g/mol. The number of halogens is 1. The molecule has 1 fully saturated rings. The first kappa shape index (κ1) is 9.49. The molecular formula is C8H15BrO2. The van der Waals surface area contributed by atoms with Gasteiger partial charge in [-0.1, -0.05) is 15.9 Å². The predicted molar refractivity (Wildman–Crippen MR) is 48.2 cm³/mol. The van der Waals surface area contributed by atoms with Crippen molar-refractivity contribution in [3.05, 3.63) is 0 Å². The van der Waals surface area contributed by atoms with Gasteiger partial charge in [-0.3, -0.25) is 0 Å². The third-order valence-corrected chi connectivity index (χ3v) is 3.12. The largest absolute Gasteiger partial charge is 0.381 e. The fraction of sp³-hybridized carbons (Fsp3) is 1.00. The quantitative estimate of drug-likeness (QED) is 0.681. The summed E-state index contributed by atoms with van der Waals surface area (Å²) >= 11 is 3.49. The molecule has 1 aliphatic heterocycles. The summed E-state index contributed by atoms with van der Waals surface area (Å²) in [5, 5.41) is 0.928. The second-order valence-electron chi connectivity index (χ2n) is 2.86. The minimum atomic E-state index is 0.0625. The molecule has 0 radical (unpaired) electrons. The van der Waals surface area contributed by atoms with Crippen LogP contribution in [0.5, 0.6) is 0 Å². The maximum Gasteiger partial charge on any atom is 0.0822 e. The van der Waals surface area contributed by atoms with E-state index in [0.717, 1.165) is 38.0 Å². The van der Waals surface area contributed by atoms with Crippen LogP contribution in [0.15, 0.2) is 0 Å². The van der Waals surface area contributed by atoms with Crippen LogP contribution in [0, 0.1) is 0 Å². The molecule has 66 valence electrons. The summed E-state index contributed by atoms with van der Waals surface area (Å²) < 4.78 is 11.0. The second-order valence-corrected chi connectivity index (χ2v) is 3.42. The smallest absolute Gasteiger partial charge is 0.0822 e. The van der Waals surface area contributed by atoms with E-state index in [1.165, 1.54) is 0 Å². The molecule has 1 rings (SSSR count). The number of rotatable bonds is 3. The Morgan fingerprint density at radius 1 is 1.45 bits per heavy atom. The normalized spacial score (nSPS) is 23.5. The highest BCUT2D eigenvalue weighted by atomic mass is 79.9. The molecule has 0 saturated carbocycles. The van der Waals surface area contributed by atoms with Crippen molar-refractivity contribution in [3.63, 3.8) is 0 Å². The van der Waals surface area contributed by atoms with Gasteiger partial charge in [0.2, 0.25) is 0 Å². The molecule has 0 aromatic rings. The molecule has 0 aromatic carbocycles. The summed E-state index contributed by atoms with van der Waals surface area (Å²) in [5.41, 5.74) is 0.0625. The van der Waals surface area contributed by atoms with Crippen LogP contribution < -0.4 is 0 Å². The Bertz CT molecular complexity index is 105. The number of hydrogen-bond acceptors (Lipinski definition) is 2. The van der Waals surface area contributed by atoms with E-state index in [-0.39, 0.29) is 5.60 Å². The topological polar surface area (TPSA) is 18.5 Å². The van der Waals surface area contributed by atoms with E-state index >= 15 is 0 Å². The summed E-state index contributed by atoms with van der Waals surface area (Å²) in [4.78, 5) is 0. The van der Waals surface area contributed by atoms with E-state index in [0.29, 0.717) is 0 Å². The Hall–Kier alpha value is 0.400. The van der Waals surface area contributed by atoms with Crippen LogP contribution in [0.1, 0.15) is 19.8 Å². The standard InChI is InChI=1S/C8H15BrO2/c1-2-11-8(7-9)3-5-10-6-4-8/h2-7H2,1H3. The van der Waals surface area contributed by atoms with Crippen molar-refractivity contribution in [1.82, 2.24) is 0 Å². The first-order valence-corrected chi connectivity index (χ1v) is 5.23. The summed E-state index contributed by atoms with van der Waals surface area (Å²) in [7, 11) is 0. The lowest BCUT2D eigenvalue weighted by atomic mass is 9.97. The zero-order valence-corrected chi connectivity index (χ0v) is 8.52. The first-order valence-electron chi connectivity index (χ1n) is 4.11. The van der Waals surface area contributed by atoms with Gasteiger partial charge in [-0.05, 0) is 6.92 Å². The molecule has 0 bridgehead atoms. The third kappa shape index (κ3) is 2.42. The highest BCUT2D eigenvalue weighted by Gasteiger charge is 2.31. The van der Waals surface area contributed by atoms with E-state index in [2.05, 4.69) is 15.9 Å². The molecule has 3 heteroatoms. The summed E-state index contributed by atoms with van der Waals surface area (Å²) in [6.07, 6.45) is 2.04. The van der Waals surface area contributed by atoms with E-state index < -0.39 is 0 Å². The van der Waals surface area contributed by atoms with E-state index in [1.54, 1.807) is 0 Å². The van der Waals surface area contributed by atoms with Gasteiger partial charge >= 0.3 is 0 Å². The zero-order valence-electron chi connectivity index (χ0n) is 6.94. The SMILES string of the molecule is CCOC1(CBr)CCOCC1. The lowest BCUT2D eigenvalue weighted by Crippen LogP contribution is -2.40. The van der Waals surface area contributed by atoms with E-state index in [9.17, 15) is 0 Å². The van der Waals surface area contributed by atoms with Gasteiger partial charge in [0.15, 0.2) is 0 Å². The van der Waals surface area contributed by atoms with Gasteiger partial charge in [0.25, 0.3) is 0 Å². The monoisotopic (exact) mass is 222 g/mol. The van der Waals surface area contributed by atoms with Gasteiger partial charge in [-0.2, -0.15) is 0 Å². The zero-order chi connectivity index (χ0) is 8.16. The fourth-order valence-corrected chi connectivity index (χ4v) is 2.09. The molecule has 0 atom stereocenters. The van der Waals surface area contributed by atoms with Crippen molar-refractivity contribution in [1.29, 1.82) is 0 Å². The van der Waals surface area contributed by atoms with Gasteiger partial charge in [-0.25, -0.2) is 0 Å². The molecule has 0 unspecified atom stereocenters. The van der Waals surface area contributed by atoms with Crippen LogP contribution in [0.2, 0.25) is 0 Å². The molecule has 0 N–H and O–H groups in total. The molecule has 1 heterocycles. The molecule has 0 aliphatic carbocycles. The molecule has 1 saturated heterocycles. The first-order chi connectivity index (χ1) is 5.33. The van der Waals surface area contributed by atoms with Gasteiger partial charge in [0, 0.05) is 38.0 Å². The maximum atomic E-state index is 5.69. The minimum Gasteiger partial charge on any atom is -0.381 e. The van der Waals surface area contributed by atoms with Crippen molar-refractivity contribution in [2.75, 3.05) is 25.2 Å². The Morgan fingerprint density at radius 2 is 2.09 bits per heavy atom.